The van der Waals surface area contributed by atoms with Gasteiger partial charge in [0.15, 0.2) is 5.69 Å². The van der Waals surface area contributed by atoms with Crippen molar-refractivity contribution in [2.24, 2.45) is 0 Å². The highest BCUT2D eigenvalue weighted by Crippen LogP contribution is 2.03. The number of H-pyrrole nitrogens is 1. The van der Waals surface area contributed by atoms with Gasteiger partial charge >= 0.3 is 5.97 Å². The molecule has 0 bridgehead atoms. The summed E-state index contributed by atoms with van der Waals surface area (Å²) < 4.78 is 0. The average Bonchev–Trinajstić information content (AvgIpc) is 2.66. The molecule has 6 heteroatoms. The number of hydrogen-bond donors (Lipinski definition) is 2. The van der Waals surface area contributed by atoms with Crippen LogP contribution in [0.4, 0.5) is 0 Å². The van der Waals surface area contributed by atoms with Crippen molar-refractivity contribution in [2.45, 2.75) is 26.7 Å². The molecule has 0 aliphatic heterocycles. The summed E-state index contributed by atoms with van der Waals surface area (Å²) in [6.07, 6.45) is 0.557. The van der Waals surface area contributed by atoms with E-state index in [1.54, 1.807) is 0 Å². The molecule has 1 rings (SSSR count). The van der Waals surface area contributed by atoms with Crippen molar-refractivity contribution in [2.75, 3.05) is 0 Å². The van der Waals surface area contributed by atoms with Gasteiger partial charge in [-0.15, -0.1) is 5.10 Å². The molecule has 0 unspecified atom stereocenters. The van der Waals surface area contributed by atoms with E-state index in [-0.39, 0.29) is 12.1 Å². The summed E-state index contributed by atoms with van der Waals surface area (Å²) in [6.45, 7) is 4.00. The SMILES string of the molecule is CC.N#CCCc1n[nH]nc1C(=O)O. The molecule has 0 radical (unpaired) electrons. The lowest BCUT2D eigenvalue weighted by Gasteiger charge is -1.89. The second-order valence-corrected chi connectivity index (χ2v) is 2.08. The molecule has 0 saturated heterocycles. The van der Waals surface area contributed by atoms with Gasteiger partial charge in [0.25, 0.3) is 0 Å². The van der Waals surface area contributed by atoms with Crippen molar-refractivity contribution in [1.29, 1.82) is 5.26 Å². The molecule has 0 atom stereocenters. The number of hydrogen-bond acceptors (Lipinski definition) is 4. The molecule has 76 valence electrons. The minimum Gasteiger partial charge on any atom is -0.476 e. The smallest absolute Gasteiger partial charge is 0.358 e. The van der Waals surface area contributed by atoms with E-state index in [1.165, 1.54) is 0 Å². The van der Waals surface area contributed by atoms with Gasteiger partial charge in [0, 0.05) is 12.8 Å². The van der Waals surface area contributed by atoms with Gasteiger partial charge in [-0.3, -0.25) is 0 Å². The lowest BCUT2D eigenvalue weighted by atomic mass is 10.2. The van der Waals surface area contributed by atoms with Gasteiger partial charge in [-0.05, 0) is 0 Å². The molecule has 2 N–H and O–H groups in total. The Labute approximate surface area is 81.6 Å². The summed E-state index contributed by atoms with van der Waals surface area (Å²) in [4.78, 5) is 10.4. The third-order valence-corrected chi connectivity index (χ3v) is 1.30. The van der Waals surface area contributed by atoms with Crippen LogP contribution in [0.5, 0.6) is 0 Å². The Hall–Kier alpha value is -1.90. The Morgan fingerprint density at radius 2 is 2.21 bits per heavy atom. The zero-order valence-electron chi connectivity index (χ0n) is 8.11. The summed E-state index contributed by atoms with van der Waals surface area (Å²) in [5.74, 6) is -1.13. The van der Waals surface area contributed by atoms with Crippen LogP contribution < -0.4 is 0 Å². The number of aryl methyl sites for hydroxylation is 1. The first-order chi connectivity index (χ1) is 6.75. The van der Waals surface area contributed by atoms with E-state index in [1.807, 2.05) is 19.9 Å². The van der Waals surface area contributed by atoms with E-state index < -0.39 is 5.97 Å². The van der Waals surface area contributed by atoms with Crippen molar-refractivity contribution in [3.63, 3.8) is 0 Å². The topological polar surface area (TPSA) is 103 Å². The van der Waals surface area contributed by atoms with Crippen molar-refractivity contribution < 1.29 is 9.90 Å². The zero-order valence-corrected chi connectivity index (χ0v) is 8.11. The van der Waals surface area contributed by atoms with Crippen LogP contribution in [0, 0.1) is 11.3 Å². The van der Waals surface area contributed by atoms with Crippen molar-refractivity contribution in [3.05, 3.63) is 11.4 Å². The maximum atomic E-state index is 10.4. The summed E-state index contributed by atoms with van der Waals surface area (Å²) >= 11 is 0. The molecular formula is C8H12N4O2. The van der Waals surface area contributed by atoms with Crippen molar-refractivity contribution >= 4 is 5.97 Å². The fourth-order valence-corrected chi connectivity index (χ4v) is 0.773. The average molecular weight is 196 g/mol. The summed E-state index contributed by atoms with van der Waals surface area (Å²) in [5, 5.41) is 26.0. The fourth-order valence-electron chi connectivity index (χ4n) is 0.773. The molecule has 1 aromatic rings. The van der Waals surface area contributed by atoms with Gasteiger partial charge in [0.05, 0.1) is 11.8 Å². The van der Waals surface area contributed by atoms with E-state index in [4.69, 9.17) is 10.4 Å². The van der Waals surface area contributed by atoms with Gasteiger partial charge < -0.3 is 5.11 Å². The first kappa shape index (κ1) is 12.1. The number of nitrogens with one attached hydrogen (secondary N) is 1. The van der Waals surface area contributed by atoms with E-state index in [0.29, 0.717) is 12.1 Å². The molecule has 0 amide bonds. The number of aromatic nitrogens is 3. The molecule has 0 aromatic carbocycles. The van der Waals surface area contributed by atoms with Crippen LogP contribution in [0.1, 0.15) is 36.5 Å². The second-order valence-electron chi connectivity index (χ2n) is 2.08. The number of carboxylic acids is 1. The minimum atomic E-state index is -1.13. The first-order valence-corrected chi connectivity index (χ1v) is 4.25. The number of aromatic amines is 1. The third-order valence-electron chi connectivity index (χ3n) is 1.30. The van der Waals surface area contributed by atoms with E-state index in [9.17, 15) is 4.79 Å². The quantitative estimate of drug-likeness (QED) is 0.750. The fraction of sp³-hybridized carbons (Fsp3) is 0.500. The number of carboxylic acid groups (broad SMARTS) is 1. The molecule has 0 spiro atoms. The molecule has 14 heavy (non-hydrogen) atoms. The van der Waals surface area contributed by atoms with Crippen LogP contribution in [-0.2, 0) is 6.42 Å². The summed E-state index contributed by atoms with van der Waals surface area (Å²) in [5.41, 5.74) is 0.217. The number of aromatic carboxylic acids is 1. The van der Waals surface area contributed by atoms with Gasteiger partial charge in [-0.2, -0.15) is 15.6 Å². The number of rotatable bonds is 3. The van der Waals surface area contributed by atoms with Gasteiger partial charge in [-0.25, -0.2) is 4.79 Å². The Bertz CT molecular complexity index is 326. The van der Waals surface area contributed by atoms with Crippen molar-refractivity contribution in [3.8, 4) is 6.07 Å². The Morgan fingerprint density at radius 3 is 2.71 bits per heavy atom. The van der Waals surface area contributed by atoms with E-state index in [0.717, 1.165) is 0 Å². The van der Waals surface area contributed by atoms with Crippen LogP contribution in [0.3, 0.4) is 0 Å². The molecule has 1 heterocycles. The summed E-state index contributed by atoms with van der Waals surface area (Å²) in [7, 11) is 0. The zero-order chi connectivity index (χ0) is 11.0. The Balaban J connectivity index is 0.000000791. The molecule has 1 aromatic heterocycles. The normalized spacial score (nSPS) is 8.36. The molecule has 0 saturated carbocycles. The standard InChI is InChI=1S/C6H6N4O2.C2H6/c7-3-1-2-4-5(6(11)12)9-10-8-4;1-2/h1-2H2,(H,11,12)(H,8,9,10);1-2H3. The van der Waals surface area contributed by atoms with Crippen LogP contribution in [0.2, 0.25) is 0 Å². The minimum absolute atomic E-state index is 0.106. The van der Waals surface area contributed by atoms with E-state index >= 15 is 0 Å². The molecular weight excluding hydrogens is 184 g/mol. The van der Waals surface area contributed by atoms with Gasteiger partial charge in [0.2, 0.25) is 0 Å². The van der Waals surface area contributed by atoms with Crippen LogP contribution in [-0.4, -0.2) is 26.5 Å². The van der Waals surface area contributed by atoms with Crippen LogP contribution in [0.25, 0.3) is 0 Å². The first-order valence-electron chi connectivity index (χ1n) is 4.25. The Morgan fingerprint density at radius 1 is 1.57 bits per heavy atom. The predicted octanol–water partition coefficient (Wildman–Crippen LogP) is 0.985. The molecule has 0 aliphatic carbocycles. The molecule has 6 nitrogen and oxygen atoms in total. The van der Waals surface area contributed by atoms with Gasteiger partial charge in [-0.1, -0.05) is 13.8 Å². The molecule has 0 aliphatic rings. The highest BCUT2D eigenvalue weighted by molar-refractivity contribution is 5.86. The van der Waals surface area contributed by atoms with Crippen LogP contribution >= 0.6 is 0 Å². The molecule has 0 fully saturated rings. The maximum Gasteiger partial charge on any atom is 0.358 e. The van der Waals surface area contributed by atoms with Crippen LogP contribution in [0.15, 0.2) is 0 Å². The lowest BCUT2D eigenvalue weighted by molar-refractivity contribution is 0.0689. The monoisotopic (exact) mass is 196 g/mol. The maximum absolute atomic E-state index is 10.4. The predicted molar refractivity (Wildman–Crippen MR) is 48.6 cm³/mol. The number of nitriles is 1. The van der Waals surface area contributed by atoms with Crippen molar-refractivity contribution in [1.82, 2.24) is 15.4 Å². The Kier molecular flexibility index (Phi) is 5.70. The largest absolute Gasteiger partial charge is 0.476 e. The third kappa shape index (κ3) is 3.23. The summed E-state index contributed by atoms with van der Waals surface area (Å²) in [6, 6.07) is 1.90. The highest BCUT2D eigenvalue weighted by Gasteiger charge is 2.13. The van der Waals surface area contributed by atoms with Gasteiger partial charge in [0.1, 0.15) is 0 Å². The van der Waals surface area contributed by atoms with E-state index in [2.05, 4.69) is 15.4 Å². The highest BCUT2D eigenvalue weighted by atomic mass is 16.4. The number of nitrogens with zero attached hydrogens (tertiary/aromatic N) is 3. The lowest BCUT2D eigenvalue weighted by Crippen LogP contribution is -2.01. The number of carbonyl (C=O) groups is 1. The second kappa shape index (κ2) is 6.60.